The van der Waals surface area contributed by atoms with Gasteiger partial charge in [-0.25, -0.2) is 4.79 Å². The van der Waals surface area contributed by atoms with Crippen molar-refractivity contribution in [3.05, 3.63) is 41.4 Å². The molecule has 0 fully saturated rings. The maximum Gasteiger partial charge on any atom is 0.342 e. The van der Waals surface area contributed by atoms with Crippen molar-refractivity contribution < 1.29 is 14.7 Å². The van der Waals surface area contributed by atoms with Crippen LogP contribution in [0.4, 0.5) is 5.69 Å². The molecule has 1 N–H and O–H groups in total. The summed E-state index contributed by atoms with van der Waals surface area (Å²) in [6, 6.07) is 6.74. The van der Waals surface area contributed by atoms with Crippen molar-refractivity contribution in [2.45, 2.75) is 12.0 Å². The van der Waals surface area contributed by atoms with Crippen molar-refractivity contribution in [3.8, 4) is 0 Å². The molecular weight excluding hydrogens is 300 g/mol. The van der Waals surface area contributed by atoms with Crippen LogP contribution in [0.2, 0.25) is 0 Å². The van der Waals surface area contributed by atoms with E-state index in [1.807, 2.05) is 0 Å². The molecule has 5 nitrogen and oxygen atoms in total. The quantitative estimate of drug-likeness (QED) is 0.498. The van der Waals surface area contributed by atoms with Crippen LogP contribution in [0.1, 0.15) is 6.42 Å². The summed E-state index contributed by atoms with van der Waals surface area (Å²) < 4.78 is 0.860. The molecule has 1 aromatic carbocycles. The largest absolute Gasteiger partial charge is 0.479 e. The van der Waals surface area contributed by atoms with Gasteiger partial charge in [-0.15, -0.1) is 6.58 Å². The van der Waals surface area contributed by atoms with Crippen molar-refractivity contribution in [2.75, 3.05) is 0 Å². The second kappa shape index (κ2) is 6.20. The van der Waals surface area contributed by atoms with Gasteiger partial charge in [0.05, 0.1) is 5.69 Å². The zero-order chi connectivity index (χ0) is 13.6. The van der Waals surface area contributed by atoms with Gasteiger partial charge in [0.25, 0.3) is 0 Å². The van der Waals surface area contributed by atoms with E-state index in [0.29, 0.717) is 5.69 Å². The van der Waals surface area contributed by atoms with Crippen LogP contribution in [0.3, 0.4) is 0 Å². The summed E-state index contributed by atoms with van der Waals surface area (Å²) in [6.45, 7) is 3.39. The molecule has 0 aliphatic carbocycles. The number of aliphatic carboxylic acids is 1. The highest BCUT2D eigenvalue weighted by Gasteiger charge is 2.39. The van der Waals surface area contributed by atoms with Gasteiger partial charge < -0.3 is 5.11 Å². The van der Waals surface area contributed by atoms with Gasteiger partial charge in [0.1, 0.15) is 0 Å². The molecule has 0 aromatic heterocycles. The van der Waals surface area contributed by atoms with E-state index < -0.39 is 11.5 Å². The second-order valence-electron chi connectivity index (χ2n) is 3.44. The summed E-state index contributed by atoms with van der Waals surface area (Å²) in [5.74, 6) is -1.40. The zero-order valence-electron chi connectivity index (χ0n) is 9.34. The fourth-order valence-electron chi connectivity index (χ4n) is 1.14. The number of carbonyl (C=O) groups excluding carboxylic acids is 1. The third-order valence-corrected chi connectivity index (χ3v) is 2.65. The smallest absolute Gasteiger partial charge is 0.342 e. The monoisotopic (exact) mass is 309 g/mol. The Morgan fingerprint density at radius 2 is 2.11 bits per heavy atom. The number of nitrogens with zero attached hydrogens (tertiary/aromatic N) is 2. The Labute approximate surface area is 112 Å². The van der Waals surface area contributed by atoms with Crippen molar-refractivity contribution >= 4 is 33.9 Å². The Hall–Kier alpha value is -1.82. The average Bonchev–Trinajstić information content (AvgIpc) is 2.36. The molecule has 18 heavy (non-hydrogen) atoms. The normalized spacial score (nSPS) is 14.1. The maximum absolute atomic E-state index is 11.0. The topological polar surface area (TPSA) is 79.1 Å². The fourth-order valence-corrected chi connectivity index (χ4v) is 1.40. The summed E-state index contributed by atoms with van der Waals surface area (Å²) in [4.78, 5) is 21.9. The Bertz CT molecular complexity index is 485. The van der Waals surface area contributed by atoms with Gasteiger partial charge >= 0.3 is 5.97 Å². The molecule has 0 spiro atoms. The number of hydrogen-bond acceptors (Lipinski definition) is 4. The lowest BCUT2D eigenvalue weighted by atomic mass is 9.99. The number of benzene rings is 1. The Morgan fingerprint density at radius 1 is 1.50 bits per heavy atom. The van der Waals surface area contributed by atoms with E-state index in [1.54, 1.807) is 24.3 Å². The number of azo groups is 1. The Kier molecular flexibility index (Phi) is 4.91. The van der Waals surface area contributed by atoms with E-state index in [4.69, 9.17) is 5.11 Å². The lowest BCUT2D eigenvalue weighted by Crippen LogP contribution is -2.37. The lowest BCUT2D eigenvalue weighted by Gasteiger charge is -2.13. The molecule has 0 bridgehead atoms. The molecule has 1 unspecified atom stereocenters. The van der Waals surface area contributed by atoms with Gasteiger partial charge in [-0.3, -0.25) is 4.79 Å². The van der Waals surface area contributed by atoms with Crippen LogP contribution >= 0.6 is 15.9 Å². The first-order chi connectivity index (χ1) is 8.54. The Morgan fingerprint density at radius 3 is 2.56 bits per heavy atom. The fraction of sp³-hybridized carbons (Fsp3) is 0.167. The van der Waals surface area contributed by atoms with Crippen molar-refractivity contribution in [3.63, 3.8) is 0 Å². The third-order valence-electron chi connectivity index (χ3n) is 2.13. The zero-order valence-corrected chi connectivity index (χ0v) is 10.9. The summed E-state index contributed by atoms with van der Waals surface area (Å²) in [7, 11) is 0. The number of hydrogen-bond donors (Lipinski definition) is 1. The molecule has 6 heteroatoms. The summed E-state index contributed by atoms with van der Waals surface area (Å²) >= 11 is 3.26. The number of carboxylic acid groups (broad SMARTS) is 1. The highest BCUT2D eigenvalue weighted by molar-refractivity contribution is 9.10. The molecule has 0 aliphatic rings. The SMILES string of the molecule is C=CCC([C]=O)(N=Nc1ccc(Br)cc1)C(=O)O. The van der Waals surface area contributed by atoms with Gasteiger partial charge in [-0.1, -0.05) is 22.0 Å². The molecule has 93 valence electrons. The highest BCUT2D eigenvalue weighted by Crippen LogP contribution is 2.21. The molecule has 1 rings (SSSR count). The van der Waals surface area contributed by atoms with E-state index in [9.17, 15) is 9.59 Å². The van der Waals surface area contributed by atoms with Crippen molar-refractivity contribution in [1.82, 2.24) is 0 Å². The molecular formula is C12H10BrN2O3. The van der Waals surface area contributed by atoms with E-state index in [1.165, 1.54) is 12.4 Å². The Balaban J connectivity index is 3.02. The lowest BCUT2D eigenvalue weighted by molar-refractivity contribution is -0.140. The van der Waals surface area contributed by atoms with Crippen LogP contribution < -0.4 is 0 Å². The van der Waals surface area contributed by atoms with E-state index in [2.05, 4.69) is 32.7 Å². The van der Waals surface area contributed by atoms with Crippen molar-refractivity contribution in [1.29, 1.82) is 0 Å². The molecule has 1 aromatic rings. The first kappa shape index (κ1) is 14.2. The van der Waals surface area contributed by atoms with E-state index in [-0.39, 0.29) is 6.42 Å². The molecule has 1 radical (unpaired) electrons. The van der Waals surface area contributed by atoms with E-state index >= 15 is 0 Å². The first-order valence-corrected chi connectivity index (χ1v) is 5.75. The number of rotatable bonds is 6. The van der Waals surface area contributed by atoms with Crippen LogP contribution in [-0.4, -0.2) is 22.9 Å². The minimum Gasteiger partial charge on any atom is -0.479 e. The highest BCUT2D eigenvalue weighted by atomic mass is 79.9. The van der Waals surface area contributed by atoms with Crippen LogP contribution in [0.25, 0.3) is 0 Å². The minimum absolute atomic E-state index is 0.161. The third kappa shape index (κ3) is 3.33. The number of halogens is 1. The molecule has 1 atom stereocenters. The summed E-state index contributed by atoms with van der Waals surface area (Å²) in [5.41, 5.74) is -1.57. The number of carbonyl (C=O) groups is 1. The van der Waals surface area contributed by atoms with Crippen LogP contribution in [0.5, 0.6) is 0 Å². The standard InChI is InChI=1S/C12H10BrN2O3/c1-2-7-12(8-16,11(17)18)15-14-10-5-3-9(13)4-6-10/h2-6H,1,7H2,(H,17,18). The summed E-state index contributed by atoms with van der Waals surface area (Å²) in [5, 5.41) is 16.3. The number of carboxylic acids is 1. The first-order valence-electron chi connectivity index (χ1n) is 4.96. The predicted molar refractivity (Wildman–Crippen MR) is 69.5 cm³/mol. The second-order valence-corrected chi connectivity index (χ2v) is 4.35. The minimum atomic E-state index is -2.02. The van der Waals surface area contributed by atoms with Crippen molar-refractivity contribution in [2.24, 2.45) is 10.2 Å². The predicted octanol–water partition coefficient (Wildman–Crippen LogP) is 3.04. The van der Waals surface area contributed by atoms with Crippen LogP contribution in [0, 0.1) is 0 Å². The van der Waals surface area contributed by atoms with Gasteiger partial charge in [0.2, 0.25) is 11.8 Å². The van der Waals surface area contributed by atoms with Crippen LogP contribution in [-0.2, 0) is 9.59 Å². The van der Waals surface area contributed by atoms with Crippen LogP contribution in [0.15, 0.2) is 51.6 Å². The maximum atomic E-state index is 11.0. The molecule has 0 aliphatic heterocycles. The van der Waals surface area contributed by atoms with Gasteiger partial charge in [0.15, 0.2) is 0 Å². The average molecular weight is 310 g/mol. The van der Waals surface area contributed by atoms with Gasteiger partial charge in [-0.05, 0) is 24.3 Å². The van der Waals surface area contributed by atoms with E-state index in [0.717, 1.165) is 4.47 Å². The molecule has 0 saturated heterocycles. The molecule has 0 saturated carbocycles. The van der Waals surface area contributed by atoms with Gasteiger partial charge in [0, 0.05) is 10.9 Å². The summed E-state index contributed by atoms with van der Waals surface area (Å²) in [6.07, 6.45) is 2.54. The van der Waals surface area contributed by atoms with Gasteiger partial charge in [-0.2, -0.15) is 10.2 Å². The molecule has 0 amide bonds. The molecule has 0 heterocycles.